The summed E-state index contributed by atoms with van der Waals surface area (Å²) < 4.78 is 39.5. The lowest BCUT2D eigenvalue weighted by atomic mass is 9.98. The molecule has 11 N–H and O–H groups in total. The third-order valence-corrected chi connectivity index (χ3v) is 9.23. The molecule has 0 aliphatic carbocycles. The fourth-order valence-electron chi connectivity index (χ4n) is 6.09. The Morgan fingerprint density at radius 1 is 0.635 bits per heavy atom. The summed E-state index contributed by atoms with van der Waals surface area (Å²) >= 11 is 0. The molecule has 0 unspecified atom stereocenters. The van der Waals surface area contributed by atoms with Crippen molar-refractivity contribution >= 4 is 11.0 Å². The van der Waals surface area contributed by atoms with Gasteiger partial charge in [-0.1, -0.05) is 0 Å². The van der Waals surface area contributed by atoms with E-state index in [9.17, 15) is 61.0 Å². The number of hydrogen-bond acceptors (Lipinski definition) is 19. The summed E-state index contributed by atoms with van der Waals surface area (Å²) in [5, 5.41) is 114. The summed E-state index contributed by atoms with van der Waals surface area (Å²) in [6.45, 7) is 2.25. The molecule has 3 aromatic rings. The minimum Gasteiger partial charge on any atom is -0.508 e. The molecule has 0 saturated carbocycles. The maximum Gasteiger partial charge on any atom is 0.239 e. The zero-order valence-corrected chi connectivity index (χ0v) is 27.5. The van der Waals surface area contributed by atoms with Crippen molar-refractivity contribution in [2.75, 3.05) is 6.61 Å². The van der Waals surface area contributed by atoms with E-state index in [2.05, 4.69) is 0 Å². The van der Waals surface area contributed by atoms with Crippen LogP contribution in [0.4, 0.5) is 0 Å². The molecule has 3 aliphatic rings. The molecule has 286 valence electrons. The van der Waals surface area contributed by atoms with Crippen LogP contribution in [0.3, 0.4) is 0 Å². The second kappa shape index (κ2) is 15.0. The van der Waals surface area contributed by atoms with Gasteiger partial charge in [0, 0.05) is 17.7 Å². The molecule has 1 aromatic heterocycles. The Balaban J connectivity index is 1.32. The highest BCUT2D eigenvalue weighted by Gasteiger charge is 2.48. The number of aliphatic hydroxyl groups excluding tert-OH is 9. The van der Waals surface area contributed by atoms with Crippen LogP contribution in [0.1, 0.15) is 13.8 Å². The number of phenolic OH excluding ortho intramolecular Hbond substituents is 2. The molecule has 4 heterocycles. The van der Waals surface area contributed by atoms with Crippen LogP contribution in [0.5, 0.6) is 23.0 Å². The summed E-state index contributed by atoms with van der Waals surface area (Å²) in [5.41, 5.74) is -1.16. The summed E-state index contributed by atoms with van der Waals surface area (Å²) in [6.07, 6.45) is -23.5. The zero-order chi connectivity index (χ0) is 37.8. The molecule has 52 heavy (non-hydrogen) atoms. The first kappa shape index (κ1) is 38.1. The Kier molecular flexibility index (Phi) is 11.0. The van der Waals surface area contributed by atoms with Gasteiger partial charge in [0.25, 0.3) is 0 Å². The van der Waals surface area contributed by atoms with E-state index in [4.69, 9.17) is 32.8 Å². The molecule has 3 saturated heterocycles. The summed E-state index contributed by atoms with van der Waals surface area (Å²) in [5.74, 6) is -2.01. The maximum atomic E-state index is 14.0. The van der Waals surface area contributed by atoms with Crippen LogP contribution in [-0.2, 0) is 18.9 Å². The molecule has 19 nitrogen and oxygen atoms in total. The molecule has 3 aliphatic heterocycles. The van der Waals surface area contributed by atoms with Gasteiger partial charge >= 0.3 is 0 Å². The Labute approximate surface area is 293 Å². The van der Waals surface area contributed by atoms with Gasteiger partial charge in [-0.05, 0) is 38.1 Å². The second-order valence-corrected chi connectivity index (χ2v) is 12.9. The first-order valence-electron chi connectivity index (χ1n) is 16.2. The van der Waals surface area contributed by atoms with Gasteiger partial charge in [-0.2, -0.15) is 0 Å². The van der Waals surface area contributed by atoms with Crippen LogP contribution in [0.2, 0.25) is 0 Å². The first-order valence-corrected chi connectivity index (χ1v) is 16.2. The van der Waals surface area contributed by atoms with Crippen LogP contribution >= 0.6 is 0 Å². The Hall–Kier alpha value is -3.67. The van der Waals surface area contributed by atoms with Crippen LogP contribution < -0.4 is 14.9 Å². The van der Waals surface area contributed by atoms with Crippen molar-refractivity contribution in [1.29, 1.82) is 0 Å². The molecule has 2 aromatic carbocycles. The average molecular weight is 741 g/mol. The maximum absolute atomic E-state index is 14.0. The van der Waals surface area contributed by atoms with Crippen LogP contribution in [0.25, 0.3) is 22.3 Å². The molecular weight excluding hydrogens is 700 g/mol. The highest BCUT2D eigenvalue weighted by molar-refractivity contribution is 5.88. The van der Waals surface area contributed by atoms with E-state index in [-0.39, 0.29) is 28.4 Å². The van der Waals surface area contributed by atoms with E-state index < -0.39 is 121 Å². The smallest absolute Gasteiger partial charge is 0.239 e. The van der Waals surface area contributed by atoms with E-state index in [0.29, 0.717) is 0 Å². The normalized spacial score (nSPS) is 38.2. The molecule has 0 bridgehead atoms. The van der Waals surface area contributed by atoms with Crippen molar-refractivity contribution < 1.29 is 89.0 Å². The molecule has 15 atom stereocenters. The van der Waals surface area contributed by atoms with Gasteiger partial charge < -0.3 is 89.0 Å². The van der Waals surface area contributed by atoms with Crippen LogP contribution in [0.15, 0.2) is 45.6 Å². The van der Waals surface area contributed by atoms with Crippen molar-refractivity contribution in [3.05, 3.63) is 46.6 Å². The minimum atomic E-state index is -1.98. The van der Waals surface area contributed by atoms with Crippen LogP contribution in [0, 0.1) is 0 Å². The molecule has 3 fully saturated rings. The standard InChI is InChI=1S/C33H40O19/c1-10-19(36)23(40)26(43)31(47-10)46-9-17-21(38)25(42)28(45)33(51-17)52-30-22(39)18-15(35)7-14(49-32-27(44)24(41)20(37)11(2)48-32)8-16(18)50-29(30)12-3-5-13(34)6-4-12/h3-8,10-11,17,19-21,23-28,31-38,40-45H,9H2,1-2H3/t10-,11-,17+,19-,20-,21+,23+,24+,25-,26+,27+,28+,31+,32-,33-/m1/s1. The quantitative estimate of drug-likeness (QED) is 0.110. The van der Waals surface area contributed by atoms with E-state index >= 15 is 0 Å². The lowest BCUT2D eigenvalue weighted by Crippen LogP contribution is -2.61. The fraction of sp³-hybridized carbons (Fsp3) is 0.545. The number of rotatable bonds is 8. The second-order valence-electron chi connectivity index (χ2n) is 12.9. The predicted molar refractivity (Wildman–Crippen MR) is 170 cm³/mol. The lowest BCUT2D eigenvalue weighted by Gasteiger charge is -2.42. The van der Waals surface area contributed by atoms with Gasteiger partial charge in [0.1, 0.15) is 89.3 Å². The number of phenols is 2. The third kappa shape index (κ3) is 7.16. The minimum absolute atomic E-state index is 0.138. The molecule has 0 spiro atoms. The van der Waals surface area contributed by atoms with Crippen molar-refractivity contribution in [3.8, 4) is 34.3 Å². The predicted octanol–water partition coefficient (Wildman–Crippen LogP) is -2.89. The van der Waals surface area contributed by atoms with Gasteiger partial charge in [0.05, 0.1) is 18.8 Å². The monoisotopic (exact) mass is 740 g/mol. The molecule has 0 amide bonds. The molecule has 0 radical (unpaired) electrons. The van der Waals surface area contributed by atoms with Crippen molar-refractivity contribution in [1.82, 2.24) is 0 Å². The largest absolute Gasteiger partial charge is 0.508 e. The third-order valence-electron chi connectivity index (χ3n) is 9.23. The first-order chi connectivity index (χ1) is 24.6. The highest BCUT2D eigenvalue weighted by atomic mass is 16.7. The van der Waals surface area contributed by atoms with Gasteiger partial charge in [0.2, 0.25) is 23.8 Å². The number of fused-ring (bicyclic) bond motifs is 1. The number of ether oxygens (including phenoxy) is 6. The highest BCUT2D eigenvalue weighted by Crippen LogP contribution is 2.38. The van der Waals surface area contributed by atoms with E-state index in [1.54, 1.807) is 0 Å². The summed E-state index contributed by atoms with van der Waals surface area (Å²) in [4.78, 5) is 14.0. The molecule has 19 heteroatoms. The van der Waals surface area contributed by atoms with E-state index in [1.807, 2.05) is 0 Å². The fourth-order valence-corrected chi connectivity index (χ4v) is 6.09. The SMILES string of the molecule is C[C@H]1O[C@H](OC[C@@H]2O[C@H](Oc3c(-c4ccc(O)cc4)oc4cc(O[C@H]5O[C@H](C)[C@@H](O)[C@H](O)[C@@H]5O)cc(O)c4c3=O)[C@@H](O)[C@H](O)[C@H]2O)[C@@H](O)[C@@H](O)[C@@H]1O. The Morgan fingerprint density at radius 3 is 1.79 bits per heavy atom. The Morgan fingerprint density at radius 2 is 1.17 bits per heavy atom. The molecule has 6 rings (SSSR count). The van der Waals surface area contributed by atoms with E-state index in [1.165, 1.54) is 44.2 Å². The van der Waals surface area contributed by atoms with Gasteiger partial charge in [-0.3, -0.25) is 4.79 Å². The van der Waals surface area contributed by atoms with Gasteiger partial charge in [0.15, 0.2) is 12.1 Å². The van der Waals surface area contributed by atoms with Gasteiger partial charge in [-0.25, -0.2) is 0 Å². The number of aromatic hydroxyl groups is 2. The average Bonchev–Trinajstić information content (AvgIpc) is 3.11. The van der Waals surface area contributed by atoms with Crippen molar-refractivity contribution in [2.24, 2.45) is 0 Å². The summed E-state index contributed by atoms with van der Waals surface area (Å²) in [7, 11) is 0. The summed E-state index contributed by atoms with van der Waals surface area (Å²) in [6, 6.07) is 7.38. The lowest BCUT2D eigenvalue weighted by molar-refractivity contribution is -0.318. The van der Waals surface area contributed by atoms with Crippen molar-refractivity contribution in [3.63, 3.8) is 0 Å². The number of aliphatic hydroxyl groups is 9. The van der Waals surface area contributed by atoms with Gasteiger partial charge in [-0.15, -0.1) is 0 Å². The van der Waals surface area contributed by atoms with E-state index in [0.717, 1.165) is 6.07 Å². The topological polar surface area (TPSA) is 308 Å². The molecular formula is C33H40O19. The zero-order valence-electron chi connectivity index (χ0n) is 27.5. The van der Waals surface area contributed by atoms with Crippen molar-refractivity contribution in [2.45, 2.75) is 106 Å². The van der Waals surface area contributed by atoms with Crippen LogP contribution in [-0.4, -0.2) is 155 Å². The number of hydrogen-bond donors (Lipinski definition) is 11. The Bertz CT molecular complexity index is 1770. The number of benzene rings is 2.